The fourth-order valence-electron chi connectivity index (χ4n) is 11.8. The van der Waals surface area contributed by atoms with Crippen LogP contribution in [-0.2, 0) is 49.3 Å². The van der Waals surface area contributed by atoms with Gasteiger partial charge in [0.2, 0.25) is 11.8 Å². The Morgan fingerprint density at radius 1 is 0.671 bits per heavy atom. The molecule has 0 radical (unpaired) electrons. The Hall–Kier alpha value is -4.27. The lowest BCUT2D eigenvalue weighted by Gasteiger charge is -2.42. The van der Waals surface area contributed by atoms with Gasteiger partial charge in [-0.3, -0.25) is 19.2 Å². The van der Waals surface area contributed by atoms with Crippen molar-refractivity contribution in [3.63, 3.8) is 0 Å². The summed E-state index contributed by atoms with van der Waals surface area (Å²) in [4.78, 5) is 56.7. The molecule has 2 aromatic rings. The highest BCUT2D eigenvalue weighted by molar-refractivity contribution is 6.02. The van der Waals surface area contributed by atoms with Crippen LogP contribution < -0.4 is 5.32 Å². The molecule has 11 nitrogen and oxygen atoms in total. The molecular formula is C50H63F9N4O7. The van der Waals surface area contributed by atoms with E-state index in [1.807, 2.05) is 13.8 Å². The van der Waals surface area contributed by atoms with Crippen LogP contribution in [-0.4, -0.2) is 113 Å². The van der Waals surface area contributed by atoms with Gasteiger partial charge in [0.25, 0.3) is 0 Å². The number of amides is 3. The molecule has 4 fully saturated rings. The van der Waals surface area contributed by atoms with Crippen LogP contribution in [0.5, 0.6) is 0 Å². The van der Waals surface area contributed by atoms with E-state index in [1.165, 1.54) is 11.0 Å². The number of carbonyl (C=O) groups is 4. The molecule has 0 bridgehead atoms. The SMILES string of the molecule is CC(C)[C@]1(C(=O)N2CC(=O)c3ccc(C(F)(F)F)cc3C2)CC[C@@H](N(C(=O)C(F)(F)F)C2CCOCC2)C1.CC(C)[C@]1(C(=O)N2Cc3cc(C(F)(F)F)ccc3C(O)C2)CC[C@@H](NC2CCOCC2)C1. The van der Waals surface area contributed by atoms with Gasteiger partial charge in [-0.25, -0.2) is 0 Å². The number of aliphatic hydroxyl groups excluding tert-OH is 1. The van der Waals surface area contributed by atoms with E-state index >= 15 is 0 Å². The summed E-state index contributed by atoms with van der Waals surface area (Å²) in [5.74, 6) is -3.24. The normalized spacial score (nSPS) is 27.0. The second kappa shape index (κ2) is 20.7. The lowest BCUT2D eigenvalue weighted by atomic mass is 9.73. The largest absolute Gasteiger partial charge is 0.471 e. The van der Waals surface area contributed by atoms with E-state index in [9.17, 15) is 63.8 Å². The number of nitrogens with zero attached hydrogens (tertiary/aromatic N) is 3. The van der Waals surface area contributed by atoms with Crippen molar-refractivity contribution in [2.45, 2.75) is 154 Å². The monoisotopic (exact) mass is 1000 g/mol. The van der Waals surface area contributed by atoms with E-state index in [1.54, 1.807) is 18.7 Å². The molecule has 2 aromatic carbocycles. The van der Waals surface area contributed by atoms with E-state index in [-0.39, 0.29) is 106 Å². The molecule has 8 rings (SSSR count). The van der Waals surface area contributed by atoms with Crippen molar-refractivity contribution in [1.82, 2.24) is 20.0 Å². The summed E-state index contributed by atoms with van der Waals surface area (Å²) in [6, 6.07) is 5.33. The number of ether oxygens (including phenoxy) is 2. The standard InChI is InChI=1S/C26H30F6N2O4.C24H33F3N2O3/c1-15(2)24(8-5-19(12-24)34(23(37)26(30,31)32)18-6-9-38-10-7-18)22(36)33-13-16-11-17(25(27,28)29)3-4-20(16)21(35)14-33;1-15(2)23(8-5-19(12-23)28-18-6-9-32-10-7-18)22(31)29-13-16-11-17(24(25,26)27)3-4-20(16)21(30)14-29/h3-4,11,15,18-19H,5-10,12-14H2,1-2H3;3-4,11,15,18-19,21,28,30H,5-10,12-14H2,1-2H3/t19-,24+;19-,21?,23+/m11/s1. The first kappa shape index (κ1) is 53.5. The Bertz CT molecular complexity index is 2240. The van der Waals surface area contributed by atoms with E-state index in [0.717, 1.165) is 74.1 Å². The van der Waals surface area contributed by atoms with Crippen LogP contribution in [0.3, 0.4) is 0 Å². The lowest BCUT2D eigenvalue weighted by molar-refractivity contribution is -0.192. The minimum absolute atomic E-state index is 0.0250. The number of nitrogens with one attached hydrogen (secondary N) is 1. The van der Waals surface area contributed by atoms with Crippen LogP contribution in [0, 0.1) is 22.7 Å². The molecule has 2 saturated carbocycles. The maximum Gasteiger partial charge on any atom is 0.471 e. The zero-order chi connectivity index (χ0) is 51.1. The molecule has 70 heavy (non-hydrogen) atoms. The molecule has 1 unspecified atom stereocenters. The number of rotatable bonds is 8. The number of Topliss-reactive ketones (excluding diaryl/α,β-unsaturated/α-hetero) is 1. The van der Waals surface area contributed by atoms with E-state index in [4.69, 9.17) is 9.47 Å². The van der Waals surface area contributed by atoms with Gasteiger partial charge in [-0.05, 0) is 117 Å². The number of hydrogen-bond donors (Lipinski definition) is 2. The maximum atomic E-state index is 13.9. The molecule has 6 aliphatic rings. The van der Waals surface area contributed by atoms with Crippen LogP contribution in [0.1, 0.15) is 136 Å². The second-order valence-corrected chi connectivity index (χ2v) is 20.6. The number of aliphatic hydroxyl groups is 1. The van der Waals surface area contributed by atoms with Gasteiger partial charge in [0.1, 0.15) is 0 Å². The average Bonchev–Trinajstić information content (AvgIpc) is 3.95. The van der Waals surface area contributed by atoms with E-state index in [2.05, 4.69) is 5.32 Å². The number of ketones is 1. The van der Waals surface area contributed by atoms with Crippen molar-refractivity contribution in [2.75, 3.05) is 39.5 Å². The van der Waals surface area contributed by atoms with E-state index < -0.39 is 76.3 Å². The second-order valence-electron chi connectivity index (χ2n) is 20.6. The van der Waals surface area contributed by atoms with Gasteiger partial charge in [0, 0.05) is 69.2 Å². The van der Waals surface area contributed by atoms with Crippen LogP contribution in [0.4, 0.5) is 39.5 Å². The first-order valence-electron chi connectivity index (χ1n) is 24.3. The van der Waals surface area contributed by atoms with Gasteiger partial charge in [0.05, 0.1) is 41.2 Å². The number of carbonyl (C=O) groups excluding carboxylic acids is 4. The summed E-state index contributed by atoms with van der Waals surface area (Å²) in [7, 11) is 0. The molecule has 3 amide bonds. The Balaban J connectivity index is 0.000000209. The first-order chi connectivity index (χ1) is 32.7. The van der Waals surface area contributed by atoms with Crippen LogP contribution in [0.2, 0.25) is 0 Å². The summed E-state index contributed by atoms with van der Waals surface area (Å²) in [5.41, 5.74) is -2.37. The average molecular weight is 1000 g/mol. The zero-order valence-corrected chi connectivity index (χ0v) is 39.9. The van der Waals surface area contributed by atoms with Crippen LogP contribution >= 0.6 is 0 Å². The third-order valence-electron chi connectivity index (χ3n) is 15.9. The van der Waals surface area contributed by atoms with Crippen molar-refractivity contribution in [3.8, 4) is 0 Å². The molecule has 20 heteroatoms. The minimum atomic E-state index is -5.08. The third kappa shape index (κ3) is 11.2. The topological polar surface area (TPSA) is 129 Å². The van der Waals surface area contributed by atoms with Gasteiger partial charge < -0.3 is 34.6 Å². The first-order valence-corrected chi connectivity index (χ1v) is 24.3. The van der Waals surface area contributed by atoms with Crippen LogP contribution in [0.15, 0.2) is 36.4 Å². The molecule has 0 aromatic heterocycles. The van der Waals surface area contributed by atoms with Crippen LogP contribution in [0.25, 0.3) is 0 Å². The molecule has 2 aliphatic carbocycles. The van der Waals surface area contributed by atoms with Gasteiger partial charge in [-0.1, -0.05) is 39.8 Å². The van der Waals surface area contributed by atoms with Crippen molar-refractivity contribution < 1.29 is 73.3 Å². The smallest absolute Gasteiger partial charge is 0.387 e. The summed E-state index contributed by atoms with van der Waals surface area (Å²) >= 11 is 0. The molecule has 2 saturated heterocycles. The number of fused-ring (bicyclic) bond motifs is 2. The quantitative estimate of drug-likeness (QED) is 0.251. The predicted octanol–water partition coefficient (Wildman–Crippen LogP) is 9.04. The fraction of sp³-hybridized carbons (Fsp3) is 0.680. The summed E-state index contributed by atoms with van der Waals surface area (Å²) in [6.45, 7) is 9.23. The Kier molecular flexibility index (Phi) is 15.8. The molecule has 0 spiro atoms. The summed E-state index contributed by atoms with van der Waals surface area (Å²) < 4.78 is 131. The number of halogens is 9. The van der Waals surface area contributed by atoms with Gasteiger partial charge >= 0.3 is 24.4 Å². The summed E-state index contributed by atoms with van der Waals surface area (Å²) in [5, 5.41) is 14.3. The molecule has 4 heterocycles. The maximum absolute atomic E-state index is 13.9. The molecule has 4 aliphatic heterocycles. The molecular weight excluding hydrogens is 940 g/mol. The molecule has 5 atom stereocenters. The van der Waals surface area contributed by atoms with Gasteiger partial charge in [0.15, 0.2) is 5.78 Å². The highest BCUT2D eigenvalue weighted by Crippen LogP contribution is 2.50. The molecule has 388 valence electrons. The highest BCUT2D eigenvalue weighted by Gasteiger charge is 2.56. The predicted molar refractivity (Wildman–Crippen MR) is 237 cm³/mol. The third-order valence-corrected chi connectivity index (χ3v) is 15.9. The zero-order valence-electron chi connectivity index (χ0n) is 39.9. The number of alkyl halides is 9. The van der Waals surface area contributed by atoms with Crippen molar-refractivity contribution in [3.05, 3.63) is 69.8 Å². The number of benzene rings is 2. The highest BCUT2D eigenvalue weighted by atomic mass is 19.4. The molecule has 2 N–H and O–H groups in total. The summed E-state index contributed by atoms with van der Waals surface area (Å²) in [6.07, 6.45) is -10.0. The Morgan fingerprint density at radius 3 is 1.79 bits per heavy atom. The van der Waals surface area contributed by atoms with E-state index in [0.29, 0.717) is 23.6 Å². The van der Waals surface area contributed by atoms with Gasteiger partial charge in [-0.15, -0.1) is 0 Å². The van der Waals surface area contributed by atoms with Crippen molar-refractivity contribution >= 4 is 23.5 Å². The van der Waals surface area contributed by atoms with Gasteiger partial charge in [-0.2, -0.15) is 39.5 Å². The minimum Gasteiger partial charge on any atom is -0.387 e. The lowest BCUT2D eigenvalue weighted by Crippen LogP contribution is -2.54. The number of β-amino-alcohol motifs (C(OH)–C–C–N with tert-alkyl or cyclic N) is 1. The Labute approximate surface area is 401 Å². The van der Waals surface area contributed by atoms with Crippen molar-refractivity contribution in [2.24, 2.45) is 22.7 Å². The van der Waals surface area contributed by atoms with Crippen molar-refractivity contribution in [1.29, 1.82) is 0 Å². The fourth-order valence-corrected chi connectivity index (χ4v) is 11.8. The Morgan fingerprint density at radius 2 is 1.20 bits per heavy atom. The number of hydrogen-bond acceptors (Lipinski definition) is 8.